The molecule has 0 fully saturated rings. The lowest BCUT2D eigenvalue weighted by molar-refractivity contribution is -0.117. The van der Waals surface area contributed by atoms with Crippen LogP contribution < -0.4 is 11.1 Å². The molecule has 0 radical (unpaired) electrons. The quantitative estimate of drug-likeness (QED) is 0.754. The lowest BCUT2D eigenvalue weighted by Crippen LogP contribution is -2.32. The molecule has 5 heteroatoms. The van der Waals surface area contributed by atoms with Crippen LogP contribution in [-0.4, -0.2) is 11.9 Å². The van der Waals surface area contributed by atoms with Gasteiger partial charge < -0.3 is 11.1 Å². The Morgan fingerprint density at radius 1 is 1.50 bits per heavy atom. The molecule has 0 aliphatic heterocycles. The van der Waals surface area contributed by atoms with E-state index in [9.17, 15) is 13.6 Å². The summed E-state index contributed by atoms with van der Waals surface area (Å²) in [5.74, 6) is -1.87. The van der Waals surface area contributed by atoms with Crippen molar-refractivity contribution in [3.8, 4) is 0 Å². The van der Waals surface area contributed by atoms with Crippen molar-refractivity contribution >= 4 is 11.6 Å². The van der Waals surface area contributed by atoms with Crippen LogP contribution >= 0.6 is 0 Å². The number of nitrogens with one attached hydrogen (secondary N) is 1. The molecule has 0 bridgehead atoms. The second-order valence-electron chi connectivity index (χ2n) is 2.90. The van der Waals surface area contributed by atoms with Crippen LogP contribution in [-0.2, 0) is 4.79 Å². The van der Waals surface area contributed by atoms with Gasteiger partial charge in [-0.2, -0.15) is 0 Å². The molecule has 1 aromatic carbocycles. The largest absolute Gasteiger partial charge is 0.322 e. The highest BCUT2D eigenvalue weighted by Crippen LogP contribution is 2.15. The van der Waals surface area contributed by atoms with Gasteiger partial charge in [-0.1, -0.05) is 0 Å². The second-order valence-corrected chi connectivity index (χ2v) is 2.90. The minimum atomic E-state index is -0.766. The Kier molecular flexibility index (Phi) is 3.14. The van der Waals surface area contributed by atoms with E-state index in [1.54, 1.807) is 0 Å². The fourth-order valence-corrected chi connectivity index (χ4v) is 0.840. The van der Waals surface area contributed by atoms with Crippen LogP contribution in [0.15, 0.2) is 18.2 Å². The summed E-state index contributed by atoms with van der Waals surface area (Å²) < 4.78 is 25.6. The minimum Gasteiger partial charge on any atom is -0.322 e. The molecule has 3 N–H and O–H groups in total. The molecule has 0 saturated carbocycles. The smallest absolute Gasteiger partial charge is 0.241 e. The van der Waals surface area contributed by atoms with E-state index < -0.39 is 23.6 Å². The van der Waals surface area contributed by atoms with Gasteiger partial charge in [0.1, 0.15) is 11.6 Å². The first kappa shape index (κ1) is 10.6. The van der Waals surface area contributed by atoms with Crippen molar-refractivity contribution in [3.63, 3.8) is 0 Å². The van der Waals surface area contributed by atoms with E-state index >= 15 is 0 Å². The van der Waals surface area contributed by atoms with Gasteiger partial charge in [0.15, 0.2) is 0 Å². The first-order valence-electron chi connectivity index (χ1n) is 4.02. The zero-order chi connectivity index (χ0) is 10.7. The molecular weight excluding hydrogens is 190 g/mol. The number of halogens is 2. The zero-order valence-electron chi connectivity index (χ0n) is 7.55. The monoisotopic (exact) mass is 200 g/mol. The van der Waals surface area contributed by atoms with E-state index in [-0.39, 0.29) is 5.69 Å². The number of benzene rings is 1. The third-order valence-electron chi connectivity index (χ3n) is 1.60. The number of nitrogens with two attached hydrogens (primary N) is 1. The van der Waals surface area contributed by atoms with E-state index in [4.69, 9.17) is 5.73 Å². The molecule has 3 nitrogen and oxygen atoms in total. The van der Waals surface area contributed by atoms with Gasteiger partial charge in [-0.15, -0.1) is 0 Å². The second kappa shape index (κ2) is 4.15. The Labute approximate surface area is 79.9 Å². The van der Waals surface area contributed by atoms with Crippen LogP contribution in [0.2, 0.25) is 0 Å². The SMILES string of the molecule is CC(N)C(=O)Nc1cc(F)ccc1F. The predicted octanol–water partition coefficient (Wildman–Crippen LogP) is 1.25. The molecule has 0 spiro atoms. The van der Waals surface area contributed by atoms with Gasteiger partial charge in [0.2, 0.25) is 5.91 Å². The standard InChI is InChI=1S/C9H10F2N2O/c1-5(12)9(14)13-8-4-6(10)2-3-7(8)11/h2-5H,12H2,1H3,(H,13,14). The molecule has 0 saturated heterocycles. The molecule has 0 aliphatic rings. The van der Waals surface area contributed by atoms with E-state index in [0.29, 0.717) is 0 Å². The summed E-state index contributed by atoms with van der Waals surface area (Å²) in [6.45, 7) is 1.45. The van der Waals surface area contributed by atoms with Crippen molar-refractivity contribution in [1.82, 2.24) is 0 Å². The Hall–Kier alpha value is -1.49. The highest BCUT2D eigenvalue weighted by Gasteiger charge is 2.10. The fourth-order valence-electron chi connectivity index (χ4n) is 0.840. The molecule has 1 unspecified atom stereocenters. The molecular formula is C9H10F2N2O. The number of carbonyl (C=O) groups is 1. The van der Waals surface area contributed by atoms with Gasteiger partial charge in [0, 0.05) is 6.07 Å². The van der Waals surface area contributed by atoms with Gasteiger partial charge in [-0.05, 0) is 19.1 Å². The van der Waals surface area contributed by atoms with Crippen LogP contribution in [0.1, 0.15) is 6.92 Å². The Bertz CT molecular complexity index is 353. The van der Waals surface area contributed by atoms with Crippen molar-refractivity contribution in [2.45, 2.75) is 13.0 Å². The summed E-state index contributed by atoms with van der Waals surface area (Å²) >= 11 is 0. The van der Waals surface area contributed by atoms with E-state index in [0.717, 1.165) is 18.2 Å². The summed E-state index contributed by atoms with van der Waals surface area (Å²) in [6.07, 6.45) is 0. The number of hydrogen-bond acceptors (Lipinski definition) is 2. The molecule has 0 aliphatic carbocycles. The summed E-state index contributed by atoms with van der Waals surface area (Å²) in [6, 6.07) is 2.04. The van der Waals surface area contributed by atoms with Crippen LogP contribution in [0.4, 0.5) is 14.5 Å². The van der Waals surface area contributed by atoms with Crippen LogP contribution in [0.5, 0.6) is 0 Å². The van der Waals surface area contributed by atoms with E-state index in [1.165, 1.54) is 6.92 Å². The molecule has 1 rings (SSSR count). The number of amides is 1. The molecule has 0 aromatic heterocycles. The topological polar surface area (TPSA) is 55.1 Å². The first-order valence-corrected chi connectivity index (χ1v) is 4.02. The molecule has 14 heavy (non-hydrogen) atoms. The summed E-state index contributed by atoms with van der Waals surface area (Å²) in [7, 11) is 0. The number of rotatable bonds is 2. The Morgan fingerprint density at radius 3 is 2.71 bits per heavy atom. The first-order chi connectivity index (χ1) is 6.50. The molecule has 1 amide bonds. The molecule has 76 valence electrons. The van der Waals surface area contributed by atoms with Crippen molar-refractivity contribution in [3.05, 3.63) is 29.8 Å². The van der Waals surface area contributed by atoms with Gasteiger partial charge in [0.25, 0.3) is 0 Å². The number of carbonyl (C=O) groups excluding carboxylic acids is 1. The Morgan fingerprint density at radius 2 is 2.14 bits per heavy atom. The van der Waals surface area contributed by atoms with Crippen LogP contribution in [0, 0.1) is 11.6 Å². The average Bonchev–Trinajstić information content (AvgIpc) is 2.11. The molecule has 1 aromatic rings. The fraction of sp³-hybridized carbons (Fsp3) is 0.222. The predicted molar refractivity (Wildman–Crippen MR) is 48.6 cm³/mol. The van der Waals surface area contributed by atoms with Gasteiger partial charge in [0.05, 0.1) is 11.7 Å². The maximum Gasteiger partial charge on any atom is 0.241 e. The van der Waals surface area contributed by atoms with Crippen molar-refractivity contribution < 1.29 is 13.6 Å². The van der Waals surface area contributed by atoms with Crippen molar-refractivity contribution in [1.29, 1.82) is 0 Å². The van der Waals surface area contributed by atoms with Gasteiger partial charge in [-0.25, -0.2) is 8.78 Å². The highest BCUT2D eigenvalue weighted by molar-refractivity contribution is 5.94. The Balaban J connectivity index is 2.86. The zero-order valence-corrected chi connectivity index (χ0v) is 7.55. The maximum atomic E-state index is 13.0. The summed E-state index contributed by atoms with van der Waals surface area (Å²) in [5, 5.41) is 2.17. The lowest BCUT2D eigenvalue weighted by atomic mass is 10.2. The van der Waals surface area contributed by atoms with Gasteiger partial charge in [-0.3, -0.25) is 4.79 Å². The third kappa shape index (κ3) is 2.50. The molecule has 0 heterocycles. The molecule has 1 atom stereocenters. The maximum absolute atomic E-state index is 13.0. The third-order valence-corrected chi connectivity index (χ3v) is 1.60. The average molecular weight is 200 g/mol. The summed E-state index contributed by atoms with van der Waals surface area (Å²) in [5.41, 5.74) is 5.04. The van der Waals surface area contributed by atoms with Crippen molar-refractivity contribution in [2.75, 3.05) is 5.32 Å². The van der Waals surface area contributed by atoms with Gasteiger partial charge >= 0.3 is 0 Å². The number of hydrogen-bond donors (Lipinski definition) is 2. The normalized spacial score (nSPS) is 12.3. The van der Waals surface area contributed by atoms with Crippen molar-refractivity contribution in [2.24, 2.45) is 5.73 Å². The summed E-state index contributed by atoms with van der Waals surface area (Å²) in [4.78, 5) is 11.1. The lowest BCUT2D eigenvalue weighted by Gasteiger charge is -2.08. The highest BCUT2D eigenvalue weighted by atomic mass is 19.1. The van der Waals surface area contributed by atoms with E-state index in [2.05, 4.69) is 5.32 Å². The van der Waals surface area contributed by atoms with E-state index in [1.807, 2.05) is 0 Å². The van der Waals surface area contributed by atoms with Crippen LogP contribution in [0.25, 0.3) is 0 Å². The number of anilines is 1. The minimum absolute atomic E-state index is 0.202. The van der Waals surface area contributed by atoms with Crippen LogP contribution in [0.3, 0.4) is 0 Å².